The van der Waals surface area contributed by atoms with E-state index >= 15 is 0 Å². The maximum Gasteiger partial charge on any atom is 0.326 e. The largest absolute Gasteiger partial charge is 0.490 e. The van der Waals surface area contributed by atoms with Gasteiger partial charge in [0.2, 0.25) is 0 Å². The zero-order valence-electron chi connectivity index (χ0n) is 15.2. The zero-order valence-corrected chi connectivity index (χ0v) is 16.8. The Kier molecular flexibility index (Phi) is 6.38. The highest BCUT2D eigenvalue weighted by Gasteiger charge is 2.28. The van der Waals surface area contributed by atoms with E-state index in [0.29, 0.717) is 11.4 Å². The van der Waals surface area contributed by atoms with Gasteiger partial charge < -0.3 is 9.47 Å². The van der Waals surface area contributed by atoms with E-state index in [2.05, 4.69) is 0 Å². The van der Waals surface area contributed by atoms with E-state index in [0.717, 1.165) is 28.5 Å². The highest BCUT2D eigenvalue weighted by atomic mass is 32.2. The van der Waals surface area contributed by atoms with Crippen LogP contribution in [0.2, 0.25) is 0 Å². The number of ether oxygens (including phenoxy) is 2. The number of carbonyl (C=O) groups excluding carboxylic acids is 1. The number of nitrogens with zero attached hydrogens (tertiary/aromatic N) is 1. The highest BCUT2D eigenvalue weighted by Crippen LogP contribution is 2.29. The number of thiophene rings is 1. The molecule has 6 nitrogen and oxygen atoms in total. The van der Waals surface area contributed by atoms with Gasteiger partial charge in [0.1, 0.15) is 16.5 Å². The van der Waals surface area contributed by atoms with Crippen molar-refractivity contribution < 1.29 is 22.7 Å². The second kappa shape index (κ2) is 8.75. The van der Waals surface area contributed by atoms with Crippen LogP contribution < -0.4 is 9.04 Å². The van der Waals surface area contributed by atoms with Crippen molar-refractivity contribution in [2.45, 2.75) is 42.9 Å². The van der Waals surface area contributed by atoms with Crippen molar-refractivity contribution in [3.63, 3.8) is 0 Å². The predicted octanol–water partition coefficient (Wildman–Crippen LogP) is 3.83. The molecule has 0 N–H and O–H groups in total. The number of esters is 1. The Bertz CT molecular complexity index is 841. The molecule has 146 valence electrons. The Labute approximate surface area is 163 Å². The van der Waals surface area contributed by atoms with Crippen LogP contribution in [0.1, 0.15) is 32.6 Å². The minimum absolute atomic E-state index is 0.179. The van der Waals surface area contributed by atoms with E-state index in [1.54, 1.807) is 42.6 Å². The number of benzene rings is 1. The third-order valence-electron chi connectivity index (χ3n) is 4.35. The fourth-order valence-electron chi connectivity index (χ4n) is 3.05. The van der Waals surface area contributed by atoms with Gasteiger partial charge in [0.25, 0.3) is 10.0 Å². The lowest BCUT2D eigenvalue weighted by atomic mass is 10.2. The van der Waals surface area contributed by atoms with Gasteiger partial charge in [0.05, 0.1) is 18.4 Å². The van der Waals surface area contributed by atoms with Crippen molar-refractivity contribution in [1.29, 1.82) is 0 Å². The monoisotopic (exact) mass is 409 g/mol. The number of sulfonamides is 1. The number of carbonyl (C=O) groups is 1. The van der Waals surface area contributed by atoms with E-state index in [4.69, 9.17) is 9.47 Å². The molecule has 1 aliphatic carbocycles. The lowest BCUT2D eigenvalue weighted by Crippen LogP contribution is -2.36. The van der Waals surface area contributed by atoms with Gasteiger partial charge >= 0.3 is 5.97 Å². The van der Waals surface area contributed by atoms with Gasteiger partial charge in [-0.2, -0.15) is 0 Å². The van der Waals surface area contributed by atoms with Crippen molar-refractivity contribution >= 4 is 33.0 Å². The molecule has 0 saturated heterocycles. The number of rotatable bonds is 8. The molecule has 27 heavy (non-hydrogen) atoms. The van der Waals surface area contributed by atoms with Gasteiger partial charge in [-0.3, -0.25) is 9.10 Å². The first-order valence-corrected chi connectivity index (χ1v) is 11.3. The molecule has 0 aliphatic heterocycles. The van der Waals surface area contributed by atoms with Gasteiger partial charge in [0, 0.05) is 0 Å². The first-order valence-electron chi connectivity index (χ1n) is 8.99. The van der Waals surface area contributed by atoms with Crippen molar-refractivity contribution in [1.82, 2.24) is 0 Å². The summed E-state index contributed by atoms with van der Waals surface area (Å²) in [6.45, 7) is 1.50. The molecule has 1 saturated carbocycles. The van der Waals surface area contributed by atoms with Gasteiger partial charge in [-0.05, 0) is 68.3 Å². The molecule has 0 bridgehead atoms. The molecule has 1 heterocycles. The van der Waals surface area contributed by atoms with Crippen molar-refractivity contribution in [2.75, 3.05) is 17.5 Å². The molecule has 0 radical (unpaired) electrons. The standard InChI is InChI=1S/C19H23NO5S2/c1-2-24-18(21)14-20(27(22,23)19-8-5-13-26-19)15-9-11-17(12-10-15)25-16-6-3-4-7-16/h5,8-13,16H,2-4,6-7,14H2,1H3. The van der Waals surface area contributed by atoms with Crippen molar-refractivity contribution in [3.8, 4) is 5.75 Å². The van der Waals surface area contributed by atoms with Gasteiger partial charge in [0.15, 0.2) is 0 Å². The Hall–Kier alpha value is -2.06. The molecule has 1 aromatic carbocycles. The molecular formula is C19H23NO5S2. The van der Waals surface area contributed by atoms with Crippen LogP contribution in [0.5, 0.6) is 5.75 Å². The molecule has 1 fully saturated rings. The summed E-state index contributed by atoms with van der Waals surface area (Å²) in [6.07, 6.45) is 4.67. The lowest BCUT2D eigenvalue weighted by molar-refractivity contribution is -0.141. The first kappa shape index (κ1) is 19.7. The van der Waals surface area contributed by atoms with Crippen molar-refractivity contribution in [2.24, 2.45) is 0 Å². The maximum atomic E-state index is 13.0. The molecule has 3 rings (SSSR count). The molecule has 0 unspecified atom stereocenters. The van der Waals surface area contributed by atoms with E-state index in [-0.39, 0.29) is 23.5 Å². The smallest absolute Gasteiger partial charge is 0.326 e. The Morgan fingerprint density at radius 3 is 2.48 bits per heavy atom. The zero-order chi connectivity index (χ0) is 19.3. The molecular weight excluding hydrogens is 386 g/mol. The summed E-state index contributed by atoms with van der Waals surface area (Å²) in [5.74, 6) is 0.110. The minimum Gasteiger partial charge on any atom is -0.490 e. The quantitative estimate of drug-likeness (QED) is 0.620. The first-order chi connectivity index (χ1) is 13.0. The SMILES string of the molecule is CCOC(=O)CN(c1ccc(OC2CCCC2)cc1)S(=O)(=O)c1cccs1. The summed E-state index contributed by atoms with van der Waals surface area (Å²) in [6, 6.07) is 10.0. The average Bonchev–Trinajstić information content (AvgIpc) is 3.35. The van der Waals surface area contributed by atoms with Crippen molar-refractivity contribution in [3.05, 3.63) is 41.8 Å². The molecule has 0 atom stereocenters. The van der Waals surface area contributed by atoms with Crippen LogP contribution in [0, 0.1) is 0 Å². The summed E-state index contributed by atoms with van der Waals surface area (Å²) in [5, 5.41) is 1.69. The van der Waals surface area contributed by atoms with Crippen LogP contribution in [0.25, 0.3) is 0 Å². The van der Waals surface area contributed by atoms with Crippen LogP contribution in [0.15, 0.2) is 46.0 Å². The fourth-order valence-corrected chi connectivity index (χ4v) is 5.56. The average molecular weight is 410 g/mol. The molecule has 0 spiro atoms. The maximum absolute atomic E-state index is 13.0. The summed E-state index contributed by atoms with van der Waals surface area (Å²) in [4.78, 5) is 12.0. The summed E-state index contributed by atoms with van der Waals surface area (Å²) < 4.78 is 38.1. The van der Waals surface area contributed by atoms with Gasteiger partial charge in [-0.25, -0.2) is 8.42 Å². The number of hydrogen-bond acceptors (Lipinski definition) is 6. The van der Waals surface area contributed by atoms with Crippen LogP contribution >= 0.6 is 11.3 Å². The molecule has 1 aliphatic rings. The van der Waals surface area contributed by atoms with Crippen LogP contribution in [-0.4, -0.2) is 33.6 Å². The third-order valence-corrected chi connectivity index (χ3v) is 7.49. The highest BCUT2D eigenvalue weighted by molar-refractivity contribution is 7.94. The Balaban J connectivity index is 1.84. The van der Waals surface area contributed by atoms with E-state index in [1.807, 2.05) is 0 Å². The number of hydrogen-bond donors (Lipinski definition) is 0. The number of anilines is 1. The normalized spacial score (nSPS) is 14.9. The van der Waals surface area contributed by atoms with Gasteiger partial charge in [-0.15, -0.1) is 11.3 Å². The molecule has 8 heteroatoms. The Morgan fingerprint density at radius 2 is 1.89 bits per heavy atom. The summed E-state index contributed by atoms with van der Waals surface area (Å²) in [7, 11) is -3.85. The second-order valence-electron chi connectivity index (χ2n) is 6.27. The van der Waals surface area contributed by atoms with Crippen LogP contribution in [0.4, 0.5) is 5.69 Å². The van der Waals surface area contributed by atoms with E-state index in [1.165, 1.54) is 18.9 Å². The van der Waals surface area contributed by atoms with E-state index in [9.17, 15) is 13.2 Å². The fraction of sp³-hybridized carbons (Fsp3) is 0.421. The summed E-state index contributed by atoms with van der Waals surface area (Å²) >= 11 is 1.11. The minimum atomic E-state index is -3.85. The molecule has 2 aromatic rings. The van der Waals surface area contributed by atoms with Crippen LogP contribution in [-0.2, 0) is 19.6 Å². The topological polar surface area (TPSA) is 72.9 Å². The second-order valence-corrected chi connectivity index (χ2v) is 9.30. The lowest BCUT2D eigenvalue weighted by Gasteiger charge is -2.23. The van der Waals surface area contributed by atoms with Crippen LogP contribution in [0.3, 0.4) is 0 Å². The van der Waals surface area contributed by atoms with E-state index < -0.39 is 16.0 Å². The molecule has 1 aromatic heterocycles. The Morgan fingerprint density at radius 1 is 1.19 bits per heavy atom. The predicted molar refractivity (Wildman–Crippen MR) is 105 cm³/mol. The third kappa shape index (κ3) is 4.81. The summed E-state index contributed by atoms with van der Waals surface area (Å²) in [5.41, 5.74) is 0.398. The molecule has 0 amide bonds. The van der Waals surface area contributed by atoms with Gasteiger partial charge in [-0.1, -0.05) is 6.07 Å².